The van der Waals surface area contributed by atoms with Gasteiger partial charge in [0, 0.05) is 36.4 Å². The van der Waals surface area contributed by atoms with Crippen molar-refractivity contribution in [2.24, 2.45) is 0 Å². The molecule has 4 rings (SSSR count). The van der Waals surface area contributed by atoms with Gasteiger partial charge in [0.05, 0.1) is 12.6 Å². The van der Waals surface area contributed by atoms with Crippen molar-refractivity contribution in [1.29, 1.82) is 0 Å². The summed E-state index contributed by atoms with van der Waals surface area (Å²) in [4.78, 5) is 26.3. The number of nitrogens with one attached hydrogen (secondary N) is 3. The lowest BCUT2D eigenvalue weighted by atomic mass is 9.89. The lowest BCUT2D eigenvalue weighted by Crippen LogP contribution is -2.42. The predicted octanol–water partition coefficient (Wildman–Crippen LogP) is 3.59. The Morgan fingerprint density at radius 3 is 2.90 bits per heavy atom. The van der Waals surface area contributed by atoms with Crippen LogP contribution in [0.4, 0.5) is 25.4 Å². The molecule has 4 amide bonds. The van der Waals surface area contributed by atoms with Gasteiger partial charge in [-0.3, -0.25) is 0 Å². The van der Waals surface area contributed by atoms with Crippen LogP contribution in [0, 0.1) is 5.82 Å². The number of fused-ring (bicyclic) bond motifs is 2. The fourth-order valence-electron chi connectivity index (χ4n) is 3.96. The van der Waals surface area contributed by atoms with Crippen molar-refractivity contribution in [2.75, 3.05) is 23.8 Å². The van der Waals surface area contributed by atoms with E-state index in [4.69, 9.17) is 9.84 Å². The molecule has 2 aliphatic rings. The summed E-state index contributed by atoms with van der Waals surface area (Å²) < 4.78 is 19.7. The highest BCUT2D eigenvalue weighted by Gasteiger charge is 2.35. The highest BCUT2D eigenvalue weighted by molar-refractivity contribution is 5.95. The van der Waals surface area contributed by atoms with Gasteiger partial charge in [-0.2, -0.15) is 0 Å². The molecule has 0 unspecified atom stereocenters. The number of urea groups is 2. The number of β-amino-alcohol motifs (C(OH)–C–C–N with tert-alkyl or cyclic N) is 1. The SMILES string of the molecule is CC1(C)C[C@H](NC(=O)Nc2ccc3c(c2)NC(=O)N(CCO)C3)c2cc(F)ccc2O1. The van der Waals surface area contributed by atoms with Crippen molar-refractivity contribution >= 4 is 23.4 Å². The number of ether oxygens (including phenoxy) is 1. The number of aliphatic hydroxyl groups is 1. The van der Waals surface area contributed by atoms with Gasteiger partial charge in [0.15, 0.2) is 0 Å². The standard InChI is InChI=1S/C22H25FN4O4/c1-22(2)11-18(16-9-14(23)4-6-19(16)31-22)25-20(29)24-15-5-3-13-12-27(7-8-28)21(30)26-17(13)10-15/h3-6,9-10,18,28H,7-8,11-12H2,1-2H3,(H,26,30)(H2,24,25,29)/t18-/m0/s1. The number of carbonyl (C=O) groups is 2. The molecule has 164 valence electrons. The van der Waals surface area contributed by atoms with Gasteiger partial charge in [-0.05, 0) is 49.7 Å². The molecule has 2 aromatic carbocycles. The van der Waals surface area contributed by atoms with Crippen LogP contribution in [0.2, 0.25) is 0 Å². The van der Waals surface area contributed by atoms with Gasteiger partial charge in [0.2, 0.25) is 0 Å². The van der Waals surface area contributed by atoms with E-state index in [-0.39, 0.29) is 19.2 Å². The Bertz CT molecular complexity index is 1030. The number of hydrogen-bond acceptors (Lipinski definition) is 4. The molecule has 0 fully saturated rings. The third-order valence-corrected chi connectivity index (χ3v) is 5.36. The second-order valence-electron chi connectivity index (χ2n) is 8.35. The predicted molar refractivity (Wildman–Crippen MR) is 114 cm³/mol. The third-order valence-electron chi connectivity index (χ3n) is 5.36. The van der Waals surface area contributed by atoms with Crippen molar-refractivity contribution < 1.29 is 23.8 Å². The van der Waals surface area contributed by atoms with Crippen LogP contribution in [0.1, 0.15) is 37.4 Å². The van der Waals surface area contributed by atoms with Crippen LogP contribution in [0.3, 0.4) is 0 Å². The van der Waals surface area contributed by atoms with Crippen LogP contribution in [0.25, 0.3) is 0 Å². The summed E-state index contributed by atoms with van der Waals surface area (Å²) in [5.74, 6) is 0.154. The average molecular weight is 428 g/mol. The van der Waals surface area contributed by atoms with E-state index >= 15 is 0 Å². The zero-order valence-corrected chi connectivity index (χ0v) is 17.4. The molecule has 2 aromatic rings. The Balaban J connectivity index is 1.47. The Morgan fingerprint density at radius 1 is 1.32 bits per heavy atom. The van der Waals surface area contributed by atoms with Crippen LogP contribution in [-0.2, 0) is 6.54 Å². The summed E-state index contributed by atoms with van der Waals surface area (Å²) in [6.07, 6.45) is 0.484. The number of aliphatic hydroxyl groups excluding tert-OH is 1. The van der Waals surface area contributed by atoms with E-state index < -0.39 is 23.5 Å². The van der Waals surface area contributed by atoms with E-state index in [0.29, 0.717) is 35.7 Å². The van der Waals surface area contributed by atoms with Crippen molar-refractivity contribution in [2.45, 2.75) is 38.5 Å². The van der Waals surface area contributed by atoms with Crippen molar-refractivity contribution in [3.05, 3.63) is 53.3 Å². The molecule has 0 saturated carbocycles. The third kappa shape index (κ3) is 4.56. The molecule has 0 saturated heterocycles. The second kappa shape index (κ2) is 8.07. The molecule has 0 spiro atoms. The quantitative estimate of drug-likeness (QED) is 0.598. The van der Waals surface area contributed by atoms with E-state index in [0.717, 1.165) is 5.56 Å². The molecule has 4 N–H and O–H groups in total. The molecule has 0 bridgehead atoms. The molecule has 2 heterocycles. The van der Waals surface area contributed by atoms with Gasteiger partial charge in [-0.25, -0.2) is 14.0 Å². The molecule has 0 radical (unpaired) electrons. The lowest BCUT2D eigenvalue weighted by Gasteiger charge is -2.37. The van der Waals surface area contributed by atoms with E-state index in [1.165, 1.54) is 17.0 Å². The fraction of sp³-hybridized carbons (Fsp3) is 0.364. The largest absolute Gasteiger partial charge is 0.487 e. The van der Waals surface area contributed by atoms with Crippen LogP contribution < -0.4 is 20.7 Å². The van der Waals surface area contributed by atoms with E-state index in [1.54, 1.807) is 18.2 Å². The number of anilines is 2. The lowest BCUT2D eigenvalue weighted by molar-refractivity contribution is 0.0680. The Morgan fingerprint density at radius 2 is 2.13 bits per heavy atom. The minimum absolute atomic E-state index is 0.112. The summed E-state index contributed by atoms with van der Waals surface area (Å²) in [7, 11) is 0. The van der Waals surface area contributed by atoms with Crippen molar-refractivity contribution in [1.82, 2.24) is 10.2 Å². The van der Waals surface area contributed by atoms with Crippen molar-refractivity contribution in [3.63, 3.8) is 0 Å². The summed E-state index contributed by atoms with van der Waals surface area (Å²) in [5, 5.41) is 17.5. The Kier molecular flexibility index (Phi) is 5.45. The first kappa shape index (κ1) is 20.9. The zero-order valence-electron chi connectivity index (χ0n) is 17.4. The maximum absolute atomic E-state index is 13.8. The van der Waals surface area contributed by atoms with Gasteiger partial charge in [0.25, 0.3) is 0 Å². The number of benzene rings is 2. The van der Waals surface area contributed by atoms with Crippen LogP contribution in [0.5, 0.6) is 5.75 Å². The Hall–Kier alpha value is -3.33. The molecule has 31 heavy (non-hydrogen) atoms. The second-order valence-corrected chi connectivity index (χ2v) is 8.35. The van der Waals surface area contributed by atoms with Crippen LogP contribution in [-0.4, -0.2) is 40.8 Å². The minimum Gasteiger partial charge on any atom is -0.487 e. The fourth-order valence-corrected chi connectivity index (χ4v) is 3.96. The maximum Gasteiger partial charge on any atom is 0.322 e. The van der Waals surface area contributed by atoms with Crippen LogP contribution in [0.15, 0.2) is 36.4 Å². The van der Waals surface area contributed by atoms with Gasteiger partial charge in [-0.15, -0.1) is 0 Å². The van der Waals surface area contributed by atoms with Gasteiger partial charge < -0.3 is 30.7 Å². The first-order chi connectivity index (χ1) is 14.7. The molecule has 1 atom stereocenters. The molecule has 8 nitrogen and oxygen atoms in total. The topological polar surface area (TPSA) is 103 Å². The summed E-state index contributed by atoms with van der Waals surface area (Å²) in [6.45, 7) is 4.35. The van der Waals surface area contributed by atoms with Gasteiger partial charge in [-0.1, -0.05) is 6.07 Å². The molecular weight excluding hydrogens is 403 g/mol. The summed E-state index contributed by atoms with van der Waals surface area (Å²) in [5.41, 5.74) is 2.08. The molecule has 2 aliphatic heterocycles. The molecule has 9 heteroatoms. The molecular formula is C22H25FN4O4. The first-order valence-corrected chi connectivity index (χ1v) is 10.1. The maximum atomic E-state index is 13.8. The van der Waals surface area contributed by atoms with Crippen LogP contribution >= 0.6 is 0 Å². The number of hydrogen-bond donors (Lipinski definition) is 4. The smallest absolute Gasteiger partial charge is 0.322 e. The van der Waals surface area contributed by atoms with E-state index in [2.05, 4.69) is 16.0 Å². The molecule has 0 aliphatic carbocycles. The summed E-state index contributed by atoms with van der Waals surface area (Å²) >= 11 is 0. The number of nitrogens with zero attached hydrogens (tertiary/aromatic N) is 1. The van der Waals surface area contributed by atoms with Gasteiger partial charge >= 0.3 is 12.1 Å². The van der Waals surface area contributed by atoms with Crippen molar-refractivity contribution in [3.8, 4) is 5.75 Å². The Labute approximate surface area is 179 Å². The normalized spacial score (nSPS) is 18.9. The van der Waals surface area contributed by atoms with E-state index in [9.17, 15) is 14.0 Å². The highest BCUT2D eigenvalue weighted by Crippen LogP contribution is 2.39. The highest BCUT2D eigenvalue weighted by atomic mass is 19.1. The minimum atomic E-state index is -0.515. The number of halogens is 1. The number of carbonyl (C=O) groups excluding carboxylic acids is 2. The number of amides is 4. The molecule has 0 aromatic heterocycles. The summed E-state index contributed by atoms with van der Waals surface area (Å²) in [6, 6.07) is 8.37. The van der Waals surface area contributed by atoms with E-state index in [1.807, 2.05) is 19.9 Å². The average Bonchev–Trinajstić information content (AvgIpc) is 2.69. The monoisotopic (exact) mass is 428 g/mol. The number of rotatable bonds is 4. The zero-order chi connectivity index (χ0) is 22.2. The first-order valence-electron chi connectivity index (χ1n) is 10.1. The van der Waals surface area contributed by atoms with Gasteiger partial charge in [0.1, 0.15) is 17.2 Å².